The molecule has 0 unspecified atom stereocenters. The Labute approximate surface area is 110 Å². The molecule has 0 aliphatic carbocycles. The number of nitrogens with one attached hydrogen (secondary N) is 1. The molecule has 0 radical (unpaired) electrons. The third kappa shape index (κ3) is 2.65. The van der Waals surface area contributed by atoms with Crippen LogP contribution in [-0.2, 0) is 6.54 Å². The maximum atomic E-state index is 12.3. The summed E-state index contributed by atoms with van der Waals surface area (Å²) in [6.07, 6.45) is 1.40. The van der Waals surface area contributed by atoms with Crippen molar-refractivity contribution in [2.24, 2.45) is 0 Å². The molecule has 100 valence electrons. The van der Waals surface area contributed by atoms with E-state index >= 15 is 0 Å². The van der Waals surface area contributed by atoms with Crippen molar-refractivity contribution in [3.05, 3.63) is 35.9 Å². The second-order valence-electron chi connectivity index (χ2n) is 4.02. The first-order valence-electron chi connectivity index (χ1n) is 5.65. The van der Waals surface area contributed by atoms with Crippen LogP contribution in [0.2, 0.25) is 0 Å². The Balaban J connectivity index is 2.22. The monoisotopic (exact) mass is 261 g/mol. The zero-order valence-corrected chi connectivity index (χ0v) is 10.8. The first-order chi connectivity index (χ1) is 9.13. The number of ether oxygens (including phenoxy) is 1. The number of carbonyl (C=O) groups is 1. The zero-order chi connectivity index (χ0) is 13.8. The lowest BCUT2D eigenvalue weighted by Crippen LogP contribution is -2.27. The second kappa shape index (κ2) is 5.38. The molecule has 0 aliphatic heterocycles. The SMILES string of the molecule is COc1c(N)cccc1C(=O)N(C)Cc1ncn[nH]1. The summed E-state index contributed by atoms with van der Waals surface area (Å²) in [6, 6.07) is 5.08. The van der Waals surface area contributed by atoms with Gasteiger partial charge in [-0.05, 0) is 12.1 Å². The van der Waals surface area contributed by atoms with E-state index in [1.54, 1.807) is 25.2 Å². The van der Waals surface area contributed by atoms with Gasteiger partial charge in [0.25, 0.3) is 5.91 Å². The maximum Gasteiger partial charge on any atom is 0.257 e. The van der Waals surface area contributed by atoms with E-state index in [0.717, 1.165) is 0 Å². The van der Waals surface area contributed by atoms with Crippen molar-refractivity contribution in [1.82, 2.24) is 20.1 Å². The van der Waals surface area contributed by atoms with Gasteiger partial charge < -0.3 is 15.4 Å². The summed E-state index contributed by atoms with van der Waals surface area (Å²) in [5.74, 6) is 0.802. The first kappa shape index (κ1) is 12.9. The van der Waals surface area contributed by atoms with E-state index in [1.807, 2.05) is 0 Å². The Hall–Kier alpha value is -2.57. The first-order valence-corrected chi connectivity index (χ1v) is 5.65. The average molecular weight is 261 g/mol. The molecule has 19 heavy (non-hydrogen) atoms. The van der Waals surface area contributed by atoms with Crippen LogP contribution in [-0.4, -0.2) is 40.1 Å². The van der Waals surface area contributed by atoms with Crippen molar-refractivity contribution >= 4 is 11.6 Å². The molecule has 2 aromatic rings. The standard InChI is InChI=1S/C12H15N5O2/c1-17(6-10-14-7-15-16-10)12(18)8-4-3-5-9(13)11(8)19-2/h3-5,7H,6,13H2,1-2H3,(H,14,15,16). The molecule has 0 saturated carbocycles. The number of hydrogen-bond donors (Lipinski definition) is 2. The summed E-state index contributed by atoms with van der Waals surface area (Å²) >= 11 is 0. The van der Waals surface area contributed by atoms with Gasteiger partial charge >= 0.3 is 0 Å². The number of methoxy groups -OCH3 is 1. The highest BCUT2D eigenvalue weighted by molar-refractivity contribution is 5.98. The number of nitrogens with zero attached hydrogens (tertiary/aromatic N) is 3. The molecule has 0 atom stereocenters. The van der Waals surface area contributed by atoms with E-state index in [2.05, 4.69) is 15.2 Å². The highest BCUT2D eigenvalue weighted by Gasteiger charge is 2.18. The van der Waals surface area contributed by atoms with Crippen LogP contribution in [0.3, 0.4) is 0 Å². The maximum absolute atomic E-state index is 12.3. The number of rotatable bonds is 4. The van der Waals surface area contributed by atoms with Crippen LogP contribution in [0, 0.1) is 0 Å². The molecule has 1 aromatic heterocycles. The van der Waals surface area contributed by atoms with Gasteiger partial charge in [0, 0.05) is 7.05 Å². The normalized spacial score (nSPS) is 10.2. The van der Waals surface area contributed by atoms with Gasteiger partial charge in [0.2, 0.25) is 0 Å². The third-order valence-corrected chi connectivity index (χ3v) is 2.68. The minimum absolute atomic E-state index is 0.194. The number of nitrogen functional groups attached to an aromatic ring is 1. The predicted octanol–water partition coefficient (Wildman–Crippen LogP) is 0.668. The number of amides is 1. The van der Waals surface area contributed by atoms with E-state index in [4.69, 9.17) is 10.5 Å². The van der Waals surface area contributed by atoms with Crippen LogP contribution in [0.4, 0.5) is 5.69 Å². The molecule has 0 spiro atoms. The Kier molecular flexibility index (Phi) is 3.65. The number of aromatic amines is 1. The van der Waals surface area contributed by atoms with Crippen molar-refractivity contribution < 1.29 is 9.53 Å². The van der Waals surface area contributed by atoms with Gasteiger partial charge in [0.05, 0.1) is 24.9 Å². The Morgan fingerprint density at radius 1 is 1.53 bits per heavy atom. The van der Waals surface area contributed by atoms with Crippen LogP contribution in [0.25, 0.3) is 0 Å². The van der Waals surface area contributed by atoms with Crippen LogP contribution in [0.5, 0.6) is 5.75 Å². The number of H-pyrrole nitrogens is 1. The van der Waals surface area contributed by atoms with Crippen molar-refractivity contribution in [3.8, 4) is 5.75 Å². The molecule has 1 aromatic carbocycles. The summed E-state index contributed by atoms with van der Waals surface area (Å²) in [6.45, 7) is 0.330. The number of carbonyl (C=O) groups excluding carboxylic acids is 1. The number of aromatic nitrogens is 3. The van der Waals surface area contributed by atoms with Gasteiger partial charge in [-0.25, -0.2) is 4.98 Å². The predicted molar refractivity (Wildman–Crippen MR) is 69.6 cm³/mol. The van der Waals surface area contributed by atoms with Gasteiger partial charge in [-0.2, -0.15) is 5.10 Å². The number of nitrogens with two attached hydrogens (primary N) is 1. The number of hydrogen-bond acceptors (Lipinski definition) is 5. The fourth-order valence-corrected chi connectivity index (χ4v) is 1.76. The topological polar surface area (TPSA) is 97.1 Å². The minimum atomic E-state index is -0.194. The fraction of sp³-hybridized carbons (Fsp3) is 0.250. The fourth-order valence-electron chi connectivity index (χ4n) is 1.76. The summed E-state index contributed by atoms with van der Waals surface area (Å²) in [5, 5.41) is 6.44. The zero-order valence-electron chi connectivity index (χ0n) is 10.8. The largest absolute Gasteiger partial charge is 0.494 e. The molecule has 7 nitrogen and oxygen atoms in total. The summed E-state index contributed by atoms with van der Waals surface area (Å²) in [4.78, 5) is 17.8. The van der Waals surface area contributed by atoms with Crippen molar-refractivity contribution in [2.45, 2.75) is 6.54 Å². The van der Waals surface area contributed by atoms with Gasteiger partial charge in [0.1, 0.15) is 12.2 Å². The lowest BCUT2D eigenvalue weighted by Gasteiger charge is -2.18. The van der Waals surface area contributed by atoms with Crippen molar-refractivity contribution in [1.29, 1.82) is 0 Å². The van der Waals surface area contributed by atoms with Gasteiger partial charge in [-0.1, -0.05) is 6.07 Å². The van der Waals surface area contributed by atoms with Crippen molar-refractivity contribution in [3.63, 3.8) is 0 Å². The quantitative estimate of drug-likeness (QED) is 0.788. The molecule has 2 rings (SSSR count). The lowest BCUT2D eigenvalue weighted by atomic mass is 10.1. The van der Waals surface area contributed by atoms with Crippen LogP contribution < -0.4 is 10.5 Å². The molecule has 0 aliphatic rings. The molecule has 7 heteroatoms. The molecule has 1 amide bonds. The third-order valence-electron chi connectivity index (χ3n) is 2.68. The number of benzene rings is 1. The molecular formula is C12H15N5O2. The highest BCUT2D eigenvalue weighted by Crippen LogP contribution is 2.26. The van der Waals surface area contributed by atoms with Gasteiger partial charge in [-0.15, -0.1) is 0 Å². The van der Waals surface area contributed by atoms with Gasteiger partial charge in [0.15, 0.2) is 5.75 Å². The Bertz CT molecular complexity index is 568. The molecule has 1 heterocycles. The molecule has 0 bridgehead atoms. The van der Waals surface area contributed by atoms with E-state index in [0.29, 0.717) is 29.4 Å². The van der Waals surface area contributed by atoms with E-state index < -0.39 is 0 Å². The number of para-hydroxylation sites is 1. The van der Waals surface area contributed by atoms with Crippen LogP contribution >= 0.6 is 0 Å². The smallest absolute Gasteiger partial charge is 0.257 e. The summed E-state index contributed by atoms with van der Waals surface area (Å²) in [5.41, 5.74) is 6.63. The van der Waals surface area contributed by atoms with E-state index in [1.165, 1.54) is 18.3 Å². The molecule has 3 N–H and O–H groups in total. The van der Waals surface area contributed by atoms with Gasteiger partial charge in [-0.3, -0.25) is 9.89 Å². The van der Waals surface area contributed by atoms with E-state index in [9.17, 15) is 4.79 Å². The molecule has 0 fully saturated rings. The lowest BCUT2D eigenvalue weighted by molar-refractivity contribution is 0.0778. The Morgan fingerprint density at radius 2 is 2.32 bits per heavy atom. The average Bonchev–Trinajstić information content (AvgIpc) is 2.90. The van der Waals surface area contributed by atoms with Crippen LogP contribution in [0.15, 0.2) is 24.5 Å². The summed E-state index contributed by atoms with van der Waals surface area (Å²) in [7, 11) is 3.16. The summed E-state index contributed by atoms with van der Waals surface area (Å²) < 4.78 is 5.17. The second-order valence-corrected chi connectivity index (χ2v) is 4.02. The molecular weight excluding hydrogens is 246 g/mol. The highest BCUT2D eigenvalue weighted by atomic mass is 16.5. The minimum Gasteiger partial charge on any atom is -0.494 e. The van der Waals surface area contributed by atoms with Crippen LogP contribution in [0.1, 0.15) is 16.2 Å². The Morgan fingerprint density at radius 3 is 2.95 bits per heavy atom. The number of anilines is 1. The van der Waals surface area contributed by atoms with Crippen molar-refractivity contribution in [2.75, 3.05) is 19.9 Å². The molecule has 0 saturated heterocycles. The van der Waals surface area contributed by atoms with E-state index in [-0.39, 0.29) is 5.91 Å².